The fraction of sp³-hybridized carbons (Fsp3) is 0.167. The van der Waals surface area contributed by atoms with Gasteiger partial charge in [0.05, 0.1) is 11.3 Å². The summed E-state index contributed by atoms with van der Waals surface area (Å²) in [5.41, 5.74) is 2.52. The number of rotatable bonds is 8. The molecule has 1 aromatic heterocycles. The predicted octanol–water partition coefficient (Wildman–Crippen LogP) is 2.35. The van der Waals surface area contributed by atoms with Crippen LogP contribution in [0.4, 0.5) is 5.69 Å². The van der Waals surface area contributed by atoms with Gasteiger partial charge in [0.1, 0.15) is 0 Å². The topological polar surface area (TPSA) is 100 Å². The molecule has 0 saturated heterocycles. The van der Waals surface area contributed by atoms with Gasteiger partial charge < -0.3 is 16.0 Å². The van der Waals surface area contributed by atoms with Crippen LogP contribution in [0.25, 0.3) is 0 Å². The maximum atomic E-state index is 12.6. The van der Waals surface area contributed by atoms with E-state index in [4.69, 9.17) is 0 Å². The molecule has 3 rings (SSSR count). The SMILES string of the molecule is O=C(NCCc1ccccn1)C(=O)Nc1ccccc1C(=O)NCCc1ccccc1. The van der Waals surface area contributed by atoms with Crippen LogP contribution in [0.1, 0.15) is 21.6 Å². The largest absolute Gasteiger partial charge is 0.352 e. The van der Waals surface area contributed by atoms with E-state index >= 15 is 0 Å². The number of amides is 3. The van der Waals surface area contributed by atoms with Gasteiger partial charge in [-0.05, 0) is 36.2 Å². The van der Waals surface area contributed by atoms with E-state index in [2.05, 4.69) is 20.9 Å². The third-order valence-corrected chi connectivity index (χ3v) is 4.56. The van der Waals surface area contributed by atoms with Gasteiger partial charge in [-0.3, -0.25) is 19.4 Å². The Morgan fingerprint density at radius 3 is 2.19 bits per heavy atom. The van der Waals surface area contributed by atoms with Crippen LogP contribution in [0.3, 0.4) is 0 Å². The molecule has 0 aliphatic heterocycles. The van der Waals surface area contributed by atoms with Crippen molar-refractivity contribution in [2.45, 2.75) is 12.8 Å². The van der Waals surface area contributed by atoms with Gasteiger partial charge >= 0.3 is 11.8 Å². The summed E-state index contributed by atoms with van der Waals surface area (Å²) in [6.45, 7) is 0.740. The average Bonchev–Trinajstić information content (AvgIpc) is 2.80. The summed E-state index contributed by atoms with van der Waals surface area (Å²) in [4.78, 5) is 41.1. The highest BCUT2D eigenvalue weighted by molar-refractivity contribution is 6.40. The summed E-state index contributed by atoms with van der Waals surface area (Å²) in [5.74, 6) is -1.91. The van der Waals surface area contributed by atoms with E-state index in [-0.39, 0.29) is 18.1 Å². The Bertz CT molecular complexity index is 1020. The van der Waals surface area contributed by atoms with Gasteiger partial charge in [-0.15, -0.1) is 0 Å². The van der Waals surface area contributed by atoms with Crippen LogP contribution in [0.15, 0.2) is 79.0 Å². The van der Waals surface area contributed by atoms with Gasteiger partial charge in [0.25, 0.3) is 5.91 Å². The number of para-hydroxylation sites is 1. The Morgan fingerprint density at radius 1 is 0.710 bits per heavy atom. The van der Waals surface area contributed by atoms with Gasteiger partial charge in [-0.2, -0.15) is 0 Å². The van der Waals surface area contributed by atoms with Crippen LogP contribution in [0, 0.1) is 0 Å². The van der Waals surface area contributed by atoms with Crippen molar-refractivity contribution in [1.82, 2.24) is 15.6 Å². The molecule has 0 spiro atoms. The van der Waals surface area contributed by atoms with Gasteiger partial charge in [0, 0.05) is 31.4 Å². The van der Waals surface area contributed by atoms with Gasteiger partial charge in [0.2, 0.25) is 0 Å². The first-order chi connectivity index (χ1) is 15.1. The molecule has 7 nitrogen and oxygen atoms in total. The molecular weight excluding hydrogens is 392 g/mol. The molecule has 3 aromatic rings. The van der Waals surface area contributed by atoms with E-state index in [0.29, 0.717) is 24.9 Å². The number of carbonyl (C=O) groups is 3. The molecule has 31 heavy (non-hydrogen) atoms. The molecule has 158 valence electrons. The molecule has 1 heterocycles. The van der Waals surface area contributed by atoms with Gasteiger partial charge in [0.15, 0.2) is 0 Å². The van der Waals surface area contributed by atoms with Crippen molar-refractivity contribution in [3.8, 4) is 0 Å². The van der Waals surface area contributed by atoms with Crippen LogP contribution in [-0.2, 0) is 22.4 Å². The van der Waals surface area contributed by atoms with E-state index in [1.54, 1.807) is 30.5 Å². The lowest BCUT2D eigenvalue weighted by Crippen LogP contribution is -2.37. The summed E-state index contributed by atoms with van der Waals surface area (Å²) in [5, 5.41) is 7.93. The Morgan fingerprint density at radius 2 is 1.42 bits per heavy atom. The monoisotopic (exact) mass is 416 g/mol. The third kappa shape index (κ3) is 6.78. The number of nitrogens with one attached hydrogen (secondary N) is 3. The van der Waals surface area contributed by atoms with E-state index in [1.807, 2.05) is 48.5 Å². The zero-order chi connectivity index (χ0) is 21.9. The summed E-state index contributed by atoms with van der Waals surface area (Å²) in [6, 6.07) is 21.9. The molecule has 0 bridgehead atoms. The summed E-state index contributed by atoms with van der Waals surface area (Å²) < 4.78 is 0. The van der Waals surface area contributed by atoms with Crippen molar-refractivity contribution in [2.24, 2.45) is 0 Å². The van der Waals surface area contributed by atoms with Crippen molar-refractivity contribution in [1.29, 1.82) is 0 Å². The van der Waals surface area contributed by atoms with Crippen molar-refractivity contribution in [3.05, 3.63) is 95.8 Å². The Kier molecular flexibility index (Phi) is 7.88. The molecule has 7 heteroatoms. The Hall–Kier alpha value is -4.00. The number of aromatic nitrogens is 1. The zero-order valence-electron chi connectivity index (χ0n) is 17.0. The minimum absolute atomic E-state index is 0.282. The molecule has 0 radical (unpaired) electrons. The molecule has 0 fully saturated rings. The number of pyridine rings is 1. The number of hydrogen-bond donors (Lipinski definition) is 3. The van der Waals surface area contributed by atoms with Crippen molar-refractivity contribution >= 4 is 23.4 Å². The lowest BCUT2D eigenvalue weighted by atomic mass is 10.1. The van der Waals surface area contributed by atoms with Crippen molar-refractivity contribution in [3.63, 3.8) is 0 Å². The maximum Gasteiger partial charge on any atom is 0.313 e. The lowest BCUT2D eigenvalue weighted by molar-refractivity contribution is -0.136. The van der Waals surface area contributed by atoms with Crippen LogP contribution in [-0.4, -0.2) is 35.8 Å². The van der Waals surface area contributed by atoms with Crippen LogP contribution < -0.4 is 16.0 Å². The quantitative estimate of drug-likeness (QED) is 0.491. The lowest BCUT2D eigenvalue weighted by Gasteiger charge is -2.11. The molecule has 3 N–H and O–H groups in total. The minimum Gasteiger partial charge on any atom is -0.352 e. The number of benzene rings is 2. The van der Waals surface area contributed by atoms with Gasteiger partial charge in [-0.1, -0.05) is 48.5 Å². The fourth-order valence-electron chi connectivity index (χ4n) is 2.96. The second-order valence-electron chi connectivity index (χ2n) is 6.82. The first-order valence-corrected chi connectivity index (χ1v) is 10.0. The molecule has 0 aliphatic rings. The number of hydrogen-bond acceptors (Lipinski definition) is 4. The number of carbonyl (C=O) groups excluding carboxylic acids is 3. The standard InChI is InChI=1S/C24H24N4O3/c29-22(26-16-13-18-8-2-1-3-9-18)20-11-4-5-12-21(20)28-24(31)23(30)27-17-14-19-10-6-7-15-25-19/h1-12,15H,13-14,16-17H2,(H,26,29)(H,27,30)(H,28,31). The molecule has 0 unspecified atom stereocenters. The predicted molar refractivity (Wildman–Crippen MR) is 119 cm³/mol. The van der Waals surface area contributed by atoms with E-state index in [0.717, 1.165) is 11.3 Å². The number of anilines is 1. The highest BCUT2D eigenvalue weighted by Gasteiger charge is 2.17. The second-order valence-corrected chi connectivity index (χ2v) is 6.82. The molecule has 0 aliphatic carbocycles. The Labute approximate surface area is 180 Å². The van der Waals surface area contributed by atoms with E-state index in [9.17, 15) is 14.4 Å². The van der Waals surface area contributed by atoms with Crippen molar-refractivity contribution in [2.75, 3.05) is 18.4 Å². The molecule has 3 amide bonds. The zero-order valence-corrected chi connectivity index (χ0v) is 17.0. The minimum atomic E-state index is -0.828. The average molecular weight is 416 g/mol. The van der Waals surface area contributed by atoms with E-state index < -0.39 is 11.8 Å². The Balaban J connectivity index is 1.51. The molecular formula is C24H24N4O3. The first-order valence-electron chi connectivity index (χ1n) is 10.0. The summed E-state index contributed by atoms with van der Waals surface area (Å²) in [7, 11) is 0. The molecule has 2 aromatic carbocycles. The normalized spacial score (nSPS) is 10.2. The number of nitrogens with zero attached hydrogens (tertiary/aromatic N) is 1. The molecule has 0 saturated carbocycles. The summed E-state index contributed by atoms with van der Waals surface area (Å²) >= 11 is 0. The highest BCUT2D eigenvalue weighted by atomic mass is 16.2. The van der Waals surface area contributed by atoms with Crippen molar-refractivity contribution < 1.29 is 14.4 Å². The first kappa shape index (κ1) is 21.7. The van der Waals surface area contributed by atoms with Crippen LogP contribution in [0.5, 0.6) is 0 Å². The van der Waals surface area contributed by atoms with E-state index in [1.165, 1.54) is 0 Å². The van der Waals surface area contributed by atoms with Gasteiger partial charge in [-0.25, -0.2) is 0 Å². The highest BCUT2D eigenvalue weighted by Crippen LogP contribution is 2.15. The summed E-state index contributed by atoms with van der Waals surface area (Å²) in [6.07, 6.45) is 2.88. The maximum absolute atomic E-state index is 12.6. The molecule has 0 atom stereocenters. The fourth-order valence-corrected chi connectivity index (χ4v) is 2.96. The second kappa shape index (κ2) is 11.3. The third-order valence-electron chi connectivity index (χ3n) is 4.56. The van der Waals surface area contributed by atoms with Crippen LogP contribution >= 0.6 is 0 Å². The smallest absolute Gasteiger partial charge is 0.313 e. The van der Waals surface area contributed by atoms with Crippen LogP contribution in [0.2, 0.25) is 0 Å².